The van der Waals surface area contributed by atoms with Gasteiger partial charge in [-0.1, -0.05) is 0 Å². The number of carbonyl (C=O) groups excluding carboxylic acids is 1. The Morgan fingerprint density at radius 2 is 1.95 bits per heavy atom. The molecule has 2 N–H and O–H groups in total. The summed E-state index contributed by atoms with van der Waals surface area (Å²) < 4.78 is 0. The lowest BCUT2D eigenvalue weighted by Gasteiger charge is -2.36. The van der Waals surface area contributed by atoms with Crippen LogP contribution in [-0.2, 0) is 4.79 Å². The molecule has 1 unspecified atom stereocenters. The van der Waals surface area contributed by atoms with Crippen LogP contribution in [0.2, 0.25) is 0 Å². The second-order valence-electron chi connectivity index (χ2n) is 6.07. The predicted molar refractivity (Wildman–Crippen MR) is 77.1 cm³/mol. The lowest BCUT2D eigenvalue weighted by atomic mass is 10.2. The zero-order valence-corrected chi connectivity index (χ0v) is 12.3. The molecular formula is C14H28N4O. The number of nitrogens with zero attached hydrogens (tertiary/aromatic N) is 2. The first-order valence-electron chi connectivity index (χ1n) is 7.55. The summed E-state index contributed by atoms with van der Waals surface area (Å²) in [7, 11) is 2.16. The van der Waals surface area contributed by atoms with Crippen molar-refractivity contribution in [3.05, 3.63) is 0 Å². The van der Waals surface area contributed by atoms with E-state index in [1.165, 1.54) is 12.8 Å². The van der Waals surface area contributed by atoms with Crippen LogP contribution in [0.4, 0.5) is 0 Å². The highest BCUT2D eigenvalue weighted by molar-refractivity contribution is 5.77. The quantitative estimate of drug-likeness (QED) is 0.668. The molecule has 1 amide bonds. The molecule has 5 nitrogen and oxygen atoms in total. The number of likely N-dealkylation sites (N-methyl/N-ethyl adjacent to an activating group) is 1. The van der Waals surface area contributed by atoms with Crippen LogP contribution in [0.25, 0.3) is 0 Å². The van der Waals surface area contributed by atoms with E-state index >= 15 is 0 Å². The molecule has 0 bridgehead atoms. The van der Waals surface area contributed by atoms with Gasteiger partial charge in [-0.3, -0.25) is 9.69 Å². The Labute approximate surface area is 116 Å². The summed E-state index contributed by atoms with van der Waals surface area (Å²) in [6, 6.07) is 0.432. The number of hydrogen-bond acceptors (Lipinski definition) is 4. The van der Waals surface area contributed by atoms with Crippen molar-refractivity contribution >= 4 is 5.91 Å². The van der Waals surface area contributed by atoms with Gasteiger partial charge in [-0.05, 0) is 39.3 Å². The molecule has 0 spiro atoms. The fourth-order valence-corrected chi connectivity index (χ4v) is 2.43. The second kappa shape index (κ2) is 7.22. The normalized spacial score (nSPS) is 23.3. The first kappa shape index (κ1) is 14.8. The molecule has 19 heavy (non-hydrogen) atoms. The van der Waals surface area contributed by atoms with Crippen molar-refractivity contribution in [2.45, 2.75) is 25.8 Å². The van der Waals surface area contributed by atoms with E-state index < -0.39 is 0 Å². The van der Waals surface area contributed by atoms with Gasteiger partial charge >= 0.3 is 0 Å². The molecule has 2 fully saturated rings. The van der Waals surface area contributed by atoms with Crippen molar-refractivity contribution in [1.82, 2.24) is 20.4 Å². The minimum atomic E-state index is 0.127. The minimum Gasteiger partial charge on any atom is -0.353 e. The smallest absolute Gasteiger partial charge is 0.234 e. The molecule has 0 aromatic rings. The Balaban J connectivity index is 1.54. The molecule has 1 aliphatic heterocycles. The number of carbonyl (C=O) groups is 1. The van der Waals surface area contributed by atoms with Crippen molar-refractivity contribution in [2.24, 2.45) is 5.92 Å². The molecule has 5 heteroatoms. The highest BCUT2D eigenvalue weighted by Crippen LogP contribution is 2.27. The third-order valence-electron chi connectivity index (χ3n) is 4.17. The Bertz CT molecular complexity index is 285. The molecule has 1 aliphatic carbocycles. The highest BCUT2D eigenvalue weighted by Gasteiger charge is 2.21. The van der Waals surface area contributed by atoms with E-state index in [9.17, 15) is 4.79 Å². The third kappa shape index (κ3) is 5.47. The Kier molecular flexibility index (Phi) is 5.60. The summed E-state index contributed by atoms with van der Waals surface area (Å²) in [5.41, 5.74) is 0. The zero-order valence-electron chi connectivity index (χ0n) is 12.3. The van der Waals surface area contributed by atoms with Crippen molar-refractivity contribution in [1.29, 1.82) is 0 Å². The van der Waals surface area contributed by atoms with Gasteiger partial charge in [0.1, 0.15) is 0 Å². The van der Waals surface area contributed by atoms with E-state index in [2.05, 4.69) is 34.4 Å². The van der Waals surface area contributed by atoms with Crippen LogP contribution in [0.15, 0.2) is 0 Å². The summed E-state index contributed by atoms with van der Waals surface area (Å²) in [5, 5.41) is 6.25. The fraction of sp³-hybridized carbons (Fsp3) is 0.929. The van der Waals surface area contributed by atoms with E-state index in [-0.39, 0.29) is 5.91 Å². The lowest BCUT2D eigenvalue weighted by molar-refractivity contribution is -0.120. The number of amides is 1. The van der Waals surface area contributed by atoms with Gasteiger partial charge < -0.3 is 15.5 Å². The molecule has 1 saturated heterocycles. The molecule has 0 aromatic carbocycles. The van der Waals surface area contributed by atoms with Crippen molar-refractivity contribution in [3.63, 3.8) is 0 Å². The fourth-order valence-electron chi connectivity index (χ4n) is 2.43. The number of rotatable bonds is 7. The standard InChI is InChI=1S/C14H28N4O/c1-12(18-7-5-17(2)6-8-18)9-16-14(19)11-15-10-13-3-4-13/h12-13,15H,3-11H2,1-2H3,(H,16,19). The highest BCUT2D eigenvalue weighted by atomic mass is 16.1. The first-order chi connectivity index (χ1) is 9.15. The van der Waals surface area contributed by atoms with Gasteiger partial charge in [0, 0.05) is 38.8 Å². The summed E-state index contributed by atoms with van der Waals surface area (Å²) in [5.74, 6) is 0.957. The molecule has 1 atom stereocenters. The Hall–Kier alpha value is -0.650. The average molecular weight is 268 g/mol. The molecule has 0 radical (unpaired) electrons. The number of hydrogen-bond donors (Lipinski definition) is 2. The third-order valence-corrected chi connectivity index (χ3v) is 4.17. The van der Waals surface area contributed by atoms with Gasteiger partial charge in [-0.15, -0.1) is 0 Å². The monoisotopic (exact) mass is 268 g/mol. The average Bonchev–Trinajstić information content (AvgIpc) is 3.21. The van der Waals surface area contributed by atoms with Crippen molar-refractivity contribution in [3.8, 4) is 0 Å². The van der Waals surface area contributed by atoms with Crippen LogP contribution >= 0.6 is 0 Å². The van der Waals surface area contributed by atoms with E-state index in [1.807, 2.05) is 0 Å². The minimum absolute atomic E-state index is 0.127. The maximum atomic E-state index is 11.7. The van der Waals surface area contributed by atoms with Gasteiger partial charge in [0.15, 0.2) is 0 Å². The van der Waals surface area contributed by atoms with Crippen LogP contribution in [-0.4, -0.2) is 74.6 Å². The van der Waals surface area contributed by atoms with Crippen LogP contribution < -0.4 is 10.6 Å². The summed E-state index contributed by atoms with van der Waals surface area (Å²) in [6.07, 6.45) is 2.66. The summed E-state index contributed by atoms with van der Waals surface area (Å²) >= 11 is 0. The largest absolute Gasteiger partial charge is 0.353 e. The molecule has 110 valence electrons. The van der Waals surface area contributed by atoms with Crippen molar-refractivity contribution in [2.75, 3.05) is 52.9 Å². The van der Waals surface area contributed by atoms with E-state index in [0.717, 1.165) is 45.2 Å². The molecule has 2 aliphatic rings. The van der Waals surface area contributed by atoms with Crippen LogP contribution in [0.3, 0.4) is 0 Å². The molecule has 0 aromatic heterocycles. The van der Waals surface area contributed by atoms with Gasteiger partial charge in [-0.25, -0.2) is 0 Å². The Morgan fingerprint density at radius 1 is 1.26 bits per heavy atom. The van der Waals surface area contributed by atoms with E-state index in [1.54, 1.807) is 0 Å². The maximum absolute atomic E-state index is 11.7. The van der Waals surface area contributed by atoms with Gasteiger partial charge in [0.25, 0.3) is 0 Å². The lowest BCUT2D eigenvalue weighted by Crippen LogP contribution is -2.51. The predicted octanol–water partition coefficient (Wildman–Crippen LogP) is -0.262. The molecule has 1 saturated carbocycles. The van der Waals surface area contributed by atoms with Crippen LogP contribution in [0.5, 0.6) is 0 Å². The second-order valence-corrected chi connectivity index (χ2v) is 6.07. The first-order valence-corrected chi connectivity index (χ1v) is 7.55. The molecule has 1 heterocycles. The number of nitrogens with one attached hydrogen (secondary N) is 2. The molecular weight excluding hydrogens is 240 g/mol. The number of piperazine rings is 1. The van der Waals surface area contributed by atoms with Gasteiger partial charge in [-0.2, -0.15) is 0 Å². The van der Waals surface area contributed by atoms with Gasteiger partial charge in [0.2, 0.25) is 5.91 Å². The summed E-state index contributed by atoms with van der Waals surface area (Å²) in [4.78, 5) is 16.5. The van der Waals surface area contributed by atoms with Crippen LogP contribution in [0.1, 0.15) is 19.8 Å². The van der Waals surface area contributed by atoms with Crippen molar-refractivity contribution < 1.29 is 4.79 Å². The summed E-state index contributed by atoms with van der Waals surface area (Å²) in [6.45, 7) is 8.88. The topological polar surface area (TPSA) is 47.6 Å². The SMILES string of the molecule is CC(CNC(=O)CNCC1CC1)N1CCN(C)CC1. The maximum Gasteiger partial charge on any atom is 0.234 e. The van der Waals surface area contributed by atoms with Crippen LogP contribution in [0, 0.1) is 5.92 Å². The van der Waals surface area contributed by atoms with E-state index in [0.29, 0.717) is 12.6 Å². The molecule has 2 rings (SSSR count). The van der Waals surface area contributed by atoms with Gasteiger partial charge in [0.05, 0.1) is 6.54 Å². The zero-order chi connectivity index (χ0) is 13.7. The van der Waals surface area contributed by atoms with E-state index in [4.69, 9.17) is 0 Å². The Morgan fingerprint density at radius 3 is 2.58 bits per heavy atom.